The topological polar surface area (TPSA) is 41.1 Å². The fourth-order valence-electron chi connectivity index (χ4n) is 2.26. The smallest absolute Gasteiger partial charge is 0.241 e. The SMILES string of the molecule is Cc1ccc(Br)c(NC(=O)C2CC(C)CCN2)c1. The van der Waals surface area contributed by atoms with Gasteiger partial charge in [0.1, 0.15) is 0 Å². The van der Waals surface area contributed by atoms with Gasteiger partial charge in [0, 0.05) is 4.47 Å². The number of rotatable bonds is 2. The number of carbonyl (C=O) groups excluding carboxylic acids is 1. The largest absolute Gasteiger partial charge is 0.324 e. The third kappa shape index (κ3) is 3.33. The summed E-state index contributed by atoms with van der Waals surface area (Å²) in [4.78, 5) is 12.2. The van der Waals surface area contributed by atoms with Crippen LogP contribution in [0.1, 0.15) is 25.3 Å². The number of halogens is 1. The van der Waals surface area contributed by atoms with Gasteiger partial charge in [-0.05, 0) is 65.9 Å². The molecule has 2 rings (SSSR count). The van der Waals surface area contributed by atoms with Crippen molar-refractivity contribution in [1.82, 2.24) is 5.32 Å². The average molecular weight is 311 g/mol. The second-order valence-electron chi connectivity index (χ2n) is 5.11. The minimum Gasteiger partial charge on any atom is -0.324 e. The Morgan fingerprint density at radius 3 is 3.00 bits per heavy atom. The van der Waals surface area contributed by atoms with Crippen LogP contribution in [0.25, 0.3) is 0 Å². The highest BCUT2D eigenvalue weighted by Gasteiger charge is 2.24. The van der Waals surface area contributed by atoms with Gasteiger partial charge in [-0.3, -0.25) is 4.79 Å². The molecule has 98 valence electrons. The predicted molar refractivity (Wildman–Crippen MR) is 77.7 cm³/mol. The van der Waals surface area contributed by atoms with Crippen LogP contribution in [-0.4, -0.2) is 18.5 Å². The first kappa shape index (κ1) is 13.6. The summed E-state index contributed by atoms with van der Waals surface area (Å²) >= 11 is 3.46. The van der Waals surface area contributed by atoms with Crippen LogP contribution in [0.4, 0.5) is 5.69 Å². The van der Waals surface area contributed by atoms with Crippen molar-refractivity contribution in [3.8, 4) is 0 Å². The van der Waals surface area contributed by atoms with E-state index in [-0.39, 0.29) is 11.9 Å². The molecule has 2 atom stereocenters. The van der Waals surface area contributed by atoms with E-state index in [0.29, 0.717) is 5.92 Å². The molecule has 1 aromatic carbocycles. The summed E-state index contributed by atoms with van der Waals surface area (Å²) in [5, 5.41) is 6.27. The number of hydrogen-bond acceptors (Lipinski definition) is 2. The second kappa shape index (κ2) is 5.85. The fraction of sp³-hybridized carbons (Fsp3) is 0.500. The van der Waals surface area contributed by atoms with Crippen LogP contribution in [0.2, 0.25) is 0 Å². The van der Waals surface area contributed by atoms with Crippen LogP contribution in [0.3, 0.4) is 0 Å². The number of aryl methyl sites for hydroxylation is 1. The maximum Gasteiger partial charge on any atom is 0.241 e. The van der Waals surface area contributed by atoms with Crippen molar-refractivity contribution in [2.24, 2.45) is 5.92 Å². The lowest BCUT2D eigenvalue weighted by Crippen LogP contribution is -2.45. The number of hydrogen-bond donors (Lipinski definition) is 2. The van der Waals surface area contributed by atoms with Crippen molar-refractivity contribution in [3.63, 3.8) is 0 Å². The molecular formula is C14H19BrN2O. The summed E-state index contributed by atoms with van der Waals surface area (Å²) < 4.78 is 0.922. The molecule has 0 bridgehead atoms. The van der Waals surface area contributed by atoms with Crippen molar-refractivity contribution in [2.75, 3.05) is 11.9 Å². The highest BCUT2D eigenvalue weighted by Crippen LogP contribution is 2.24. The molecule has 2 unspecified atom stereocenters. The molecule has 0 radical (unpaired) electrons. The Kier molecular flexibility index (Phi) is 4.40. The molecule has 0 aromatic heterocycles. The van der Waals surface area contributed by atoms with E-state index in [0.717, 1.165) is 35.1 Å². The van der Waals surface area contributed by atoms with Gasteiger partial charge in [0.05, 0.1) is 11.7 Å². The molecule has 1 fully saturated rings. The summed E-state index contributed by atoms with van der Waals surface area (Å²) in [6, 6.07) is 5.89. The zero-order chi connectivity index (χ0) is 13.1. The van der Waals surface area contributed by atoms with Crippen LogP contribution in [-0.2, 0) is 4.79 Å². The molecule has 4 heteroatoms. The van der Waals surface area contributed by atoms with E-state index < -0.39 is 0 Å². The Hall–Kier alpha value is -0.870. The highest BCUT2D eigenvalue weighted by molar-refractivity contribution is 9.10. The molecule has 0 saturated carbocycles. The van der Waals surface area contributed by atoms with Crippen molar-refractivity contribution in [3.05, 3.63) is 28.2 Å². The van der Waals surface area contributed by atoms with Crippen LogP contribution < -0.4 is 10.6 Å². The Morgan fingerprint density at radius 2 is 2.28 bits per heavy atom. The maximum absolute atomic E-state index is 12.2. The number of piperidine rings is 1. The first-order valence-electron chi connectivity index (χ1n) is 6.36. The van der Waals surface area contributed by atoms with E-state index >= 15 is 0 Å². The van der Waals surface area contributed by atoms with Gasteiger partial charge in [0.2, 0.25) is 5.91 Å². The lowest BCUT2D eigenvalue weighted by Gasteiger charge is -2.27. The van der Waals surface area contributed by atoms with Gasteiger partial charge in [0.15, 0.2) is 0 Å². The Bertz CT molecular complexity index is 447. The molecule has 1 saturated heterocycles. The fourth-order valence-corrected chi connectivity index (χ4v) is 2.61. The molecular weight excluding hydrogens is 292 g/mol. The zero-order valence-electron chi connectivity index (χ0n) is 10.8. The van der Waals surface area contributed by atoms with Gasteiger partial charge in [0.25, 0.3) is 0 Å². The van der Waals surface area contributed by atoms with Crippen molar-refractivity contribution in [2.45, 2.75) is 32.7 Å². The van der Waals surface area contributed by atoms with Crippen molar-refractivity contribution in [1.29, 1.82) is 0 Å². The number of amides is 1. The highest BCUT2D eigenvalue weighted by atomic mass is 79.9. The maximum atomic E-state index is 12.2. The van der Waals surface area contributed by atoms with Crippen LogP contribution >= 0.6 is 15.9 Å². The predicted octanol–water partition coefficient (Wildman–Crippen LogP) is 3.08. The number of carbonyl (C=O) groups is 1. The van der Waals surface area contributed by atoms with Gasteiger partial charge in [-0.25, -0.2) is 0 Å². The molecule has 1 amide bonds. The lowest BCUT2D eigenvalue weighted by molar-refractivity contribution is -0.119. The minimum atomic E-state index is -0.0684. The molecule has 1 aromatic rings. The number of anilines is 1. The standard InChI is InChI=1S/C14H19BrN2O/c1-9-3-4-11(15)12(7-9)17-14(18)13-8-10(2)5-6-16-13/h3-4,7,10,13,16H,5-6,8H2,1-2H3,(H,17,18). The van der Waals surface area contributed by atoms with Gasteiger partial charge in [-0.1, -0.05) is 13.0 Å². The summed E-state index contributed by atoms with van der Waals surface area (Å²) in [5.41, 5.74) is 1.98. The normalized spacial score (nSPS) is 23.7. The monoisotopic (exact) mass is 310 g/mol. The van der Waals surface area contributed by atoms with Crippen molar-refractivity contribution >= 4 is 27.5 Å². The summed E-state index contributed by atoms with van der Waals surface area (Å²) in [6.07, 6.45) is 2.06. The van der Waals surface area contributed by atoms with E-state index in [4.69, 9.17) is 0 Å². The first-order valence-corrected chi connectivity index (χ1v) is 7.16. The van der Waals surface area contributed by atoms with Crippen molar-refractivity contribution < 1.29 is 4.79 Å². The quantitative estimate of drug-likeness (QED) is 0.881. The zero-order valence-corrected chi connectivity index (χ0v) is 12.4. The van der Waals surface area contributed by atoms with E-state index in [9.17, 15) is 4.79 Å². The van der Waals surface area contributed by atoms with Gasteiger partial charge in [-0.15, -0.1) is 0 Å². The van der Waals surface area contributed by atoms with E-state index in [1.54, 1.807) is 0 Å². The Labute approximate surface area is 116 Å². The average Bonchev–Trinajstić information content (AvgIpc) is 2.34. The van der Waals surface area contributed by atoms with E-state index in [1.807, 2.05) is 25.1 Å². The van der Waals surface area contributed by atoms with Crippen LogP contribution in [0.15, 0.2) is 22.7 Å². The molecule has 1 aliphatic rings. The van der Waals surface area contributed by atoms with Crippen LogP contribution in [0, 0.1) is 12.8 Å². The summed E-state index contributed by atoms with van der Waals surface area (Å²) in [7, 11) is 0. The van der Waals surface area contributed by atoms with Crippen LogP contribution in [0.5, 0.6) is 0 Å². The van der Waals surface area contributed by atoms with Gasteiger partial charge >= 0.3 is 0 Å². The molecule has 1 heterocycles. The molecule has 3 nitrogen and oxygen atoms in total. The van der Waals surface area contributed by atoms with E-state index in [2.05, 4.69) is 33.5 Å². The number of benzene rings is 1. The minimum absolute atomic E-state index is 0.0628. The number of nitrogens with one attached hydrogen (secondary N) is 2. The van der Waals surface area contributed by atoms with E-state index in [1.165, 1.54) is 0 Å². The second-order valence-corrected chi connectivity index (χ2v) is 5.96. The third-order valence-corrected chi connectivity index (χ3v) is 4.05. The van der Waals surface area contributed by atoms with Gasteiger partial charge in [-0.2, -0.15) is 0 Å². The molecule has 1 aliphatic heterocycles. The summed E-state index contributed by atoms with van der Waals surface area (Å²) in [5.74, 6) is 0.677. The lowest BCUT2D eigenvalue weighted by atomic mass is 9.94. The molecule has 2 N–H and O–H groups in total. The van der Waals surface area contributed by atoms with Gasteiger partial charge < -0.3 is 10.6 Å². The molecule has 0 spiro atoms. The molecule has 0 aliphatic carbocycles. The third-order valence-electron chi connectivity index (χ3n) is 3.36. The molecule has 18 heavy (non-hydrogen) atoms. The summed E-state index contributed by atoms with van der Waals surface area (Å²) in [6.45, 7) is 5.14. The Morgan fingerprint density at radius 1 is 1.50 bits per heavy atom. The Balaban J connectivity index is 2.04. The first-order chi connectivity index (χ1) is 8.56.